The van der Waals surface area contributed by atoms with E-state index >= 15 is 0 Å². The van der Waals surface area contributed by atoms with Crippen molar-refractivity contribution < 1.29 is 23.4 Å². The lowest BCUT2D eigenvalue weighted by Gasteiger charge is -2.14. The maximum atomic E-state index is 13.1. The van der Waals surface area contributed by atoms with Crippen LogP contribution in [0.2, 0.25) is 0 Å². The molecule has 34 heavy (non-hydrogen) atoms. The summed E-state index contributed by atoms with van der Waals surface area (Å²) in [6, 6.07) is 18.8. The minimum Gasteiger partial charge on any atom is -0.497 e. The number of nitriles is 1. The highest BCUT2D eigenvalue weighted by Gasteiger charge is 2.14. The van der Waals surface area contributed by atoms with Crippen LogP contribution in [0.25, 0.3) is 6.08 Å². The van der Waals surface area contributed by atoms with Gasteiger partial charge < -0.3 is 19.5 Å². The van der Waals surface area contributed by atoms with Gasteiger partial charge in [-0.05, 0) is 81.8 Å². The third-order valence-corrected chi connectivity index (χ3v) is 5.64. The molecule has 0 heterocycles. The highest BCUT2D eigenvalue weighted by molar-refractivity contribution is 14.1. The van der Waals surface area contributed by atoms with Crippen LogP contribution in [0.1, 0.15) is 16.7 Å². The van der Waals surface area contributed by atoms with Crippen molar-refractivity contribution in [1.82, 2.24) is 5.32 Å². The van der Waals surface area contributed by atoms with Crippen molar-refractivity contribution in [1.29, 1.82) is 5.26 Å². The number of nitrogens with zero attached hydrogens (tertiary/aromatic N) is 1. The van der Waals surface area contributed by atoms with Crippen molar-refractivity contribution in [2.24, 2.45) is 0 Å². The van der Waals surface area contributed by atoms with Gasteiger partial charge in [-0.2, -0.15) is 5.26 Å². The summed E-state index contributed by atoms with van der Waals surface area (Å²) in [5.41, 5.74) is 2.27. The number of rotatable bonds is 9. The van der Waals surface area contributed by atoms with Crippen LogP contribution in [0.5, 0.6) is 17.2 Å². The van der Waals surface area contributed by atoms with E-state index in [9.17, 15) is 14.4 Å². The number of halogens is 2. The number of methoxy groups -OCH3 is 2. The number of nitrogens with one attached hydrogen (secondary N) is 1. The normalized spacial score (nSPS) is 10.9. The molecule has 8 heteroatoms. The third-order valence-electron chi connectivity index (χ3n) is 4.84. The smallest absolute Gasteiger partial charge is 0.262 e. The molecular formula is C26H22FIN2O4. The Morgan fingerprint density at radius 3 is 2.35 bits per heavy atom. The largest absolute Gasteiger partial charge is 0.497 e. The Bertz CT molecular complexity index is 1220. The summed E-state index contributed by atoms with van der Waals surface area (Å²) < 4.78 is 30.3. The van der Waals surface area contributed by atoms with Gasteiger partial charge in [-0.15, -0.1) is 0 Å². The van der Waals surface area contributed by atoms with E-state index in [0.29, 0.717) is 17.1 Å². The highest BCUT2D eigenvalue weighted by Crippen LogP contribution is 2.35. The highest BCUT2D eigenvalue weighted by atomic mass is 127. The molecule has 1 amide bonds. The van der Waals surface area contributed by atoms with Crippen molar-refractivity contribution in [3.63, 3.8) is 0 Å². The molecule has 0 saturated heterocycles. The van der Waals surface area contributed by atoms with Gasteiger partial charge in [-0.1, -0.05) is 24.3 Å². The van der Waals surface area contributed by atoms with Gasteiger partial charge in [-0.25, -0.2) is 4.39 Å². The molecule has 0 aliphatic carbocycles. The van der Waals surface area contributed by atoms with Crippen LogP contribution in [0, 0.1) is 20.7 Å². The zero-order valence-corrected chi connectivity index (χ0v) is 20.8. The number of hydrogen-bond donors (Lipinski definition) is 1. The lowest BCUT2D eigenvalue weighted by atomic mass is 10.1. The second-order valence-corrected chi connectivity index (χ2v) is 8.31. The number of carbonyl (C=O) groups excluding carboxylic acids is 1. The first-order valence-corrected chi connectivity index (χ1v) is 11.3. The zero-order valence-electron chi connectivity index (χ0n) is 18.6. The number of amides is 1. The van der Waals surface area contributed by atoms with Crippen LogP contribution in [-0.2, 0) is 17.9 Å². The lowest BCUT2D eigenvalue weighted by Crippen LogP contribution is -2.23. The summed E-state index contributed by atoms with van der Waals surface area (Å²) in [6.07, 6.45) is 1.50. The summed E-state index contributed by atoms with van der Waals surface area (Å²) in [4.78, 5) is 12.6. The Balaban J connectivity index is 1.72. The van der Waals surface area contributed by atoms with Gasteiger partial charge in [0, 0.05) is 6.54 Å². The lowest BCUT2D eigenvalue weighted by molar-refractivity contribution is -0.117. The molecule has 174 valence electrons. The fourth-order valence-corrected chi connectivity index (χ4v) is 3.82. The Kier molecular flexibility index (Phi) is 8.87. The Morgan fingerprint density at radius 1 is 1.06 bits per heavy atom. The molecule has 0 radical (unpaired) electrons. The Labute approximate surface area is 211 Å². The molecule has 0 bridgehead atoms. The number of carbonyl (C=O) groups is 1. The molecule has 0 aliphatic heterocycles. The van der Waals surface area contributed by atoms with Gasteiger partial charge in [0.05, 0.1) is 17.8 Å². The molecule has 0 aromatic heterocycles. The predicted molar refractivity (Wildman–Crippen MR) is 135 cm³/mol. The van der Waals surface area contributed by atoms with E-state index in [1.807, 2.05) is 18.2 Å². The molecule has 0 spiro atoms. The number of benzene rings is 3. The quantitative estimate of drug-likeness (QED) is 0.215. The summed E-state index contributed by atoms with van der Waals surface area (Å²) in [5.74, 6) is 0.905. The van der Waals surface area contributed by atoms with Crippen LogP contribution in [0.3, 0.4) is 0 Å². The minimum absolute atomic E-state index is 0.0358. The van der Waals surface area contributed by atoms with Crippen molar-refractivity contribution in [2.45, 2.75) is 13.2 Å². The van der Waals surface area contributed by atoms with Gasteiger partial charge in [0.1, 0.15) is 29.8 Å². The van der Waals surface area contributed by atoms with E-state index in [1.54, 1.807) is 43.5 Å². The number of ether oxygens (including phenoxy) is 3. The van der Waals surface area contributed by atoms with Crippen LogP contribution >= 0.6 is 22.6 Å². The predicted octanol–water partition coefficient (Wildman–Crippen LogP) is 5.25. The zero-order chi connectivity index (χ0) is 24.5. The summed E-state index contributed by atoms with van der Waals surface area (Å²) >= 11 is 2.10. The molecule has 0 unspecified atom stereocenters. The topological polar surface area (TPSA) is 80.6 Å². The molecule has 0 atom stereocenters. The first-order valence-electron chi connectivity index (χ1n) is 10.2. The van der Waals surface area contributed by atoms with Gasteiger partial charge in [0.25, 0.3) is 5.91 Å². The van der Waals surface area contributed by atoms with Gasteiger partial charge >= 0.3 is 0 Å². The average Bonchev–Trinajstić information content (AvgIpc) is 2.86. The second kappa shape index (κ2) is 12.0. The van der Waals surface area contributed by atoms with Crippen LogP contribution < -0.4 is 19.5 Å². The van der Waals surface area contributed by atoms with Crippen molar-refractivity contribution >= 4 is 34.6 Å². The van der Waals surface area contributed by atoms with E-state index in [1.165, 1.54) is 25.3 Å². The second-order valence-electron chi connectivity index (χ2n) is 7.15. The first kappa shape index (κ1) is 25.1. The maximum Gasteiger partial charge on any atom is 0.262 e. The molecule has 6 nitrogen and oxygen atoms in total. The summed E-state index contributed by atoms with van der Waals surface area (Å²) in [5, 5.41) is 12.3. The van der Waals surface area contributed by atoms with E-state index in [2.05, 4.69) is 27.9 Å². The molecule has 0 aliphatic rings. The van der Waals surface area contributed by atoms with E-state index in [4.69, 9.17) is 14.2 Å². The standard InChI is InChI=1S/C26H22FIN2O4/c1-32-22-9-5-17(6-10-22)15-30-26(31)20(14-29)11-19-12-23(28)25(24(13-19)33-2)34-16-18-3-7-21(27)8-4-18/h3-13H,15-16H2,1-2H3,(H,30,31)/b20-11-. The van der Waals surface area contributed by atoms with Gasteiger partial charge in [0.2, 0.25) is 0 Å². The fraction of sp³-hybridized carbons (Fsp3) is 0.154. The maximum absolute atomic E-state index is 13.1. The average molecular weight is 572 g/mol. The molecule has 0 saturated carbocycles. The molecule has 3 rings (SSSR count). The summed E-state index contributed by atoms with van der Waals surface area (Å²) in [6.45, 7) is 0.512. The molecular weight excluding hydrogens is 550 g/mol. The van der Waals surface area contributed by atoms with E-state index in [0.717, 1.165) is 20.4 Å². The minimum atomic E-state index is -0.482. The van der Waals surface area contributed by atoms with E-state index < -0.39 is 5.91 Å². The van der Waals surface area contributed by atoms with E-state index in [-0.39, 0.29) is 24.5 Å². The third kappa shape index (κ3) is 6.71. The van der Waals surface area contributed by atoms with Crippen molar-refractivity contribution in [2.75, 3.05) is 14.2 Å². The molecule has 0 fully saturated rings. The van der Waals surface area contributed by atoms with Crippen molar-refractivity contribution in [3.05, 3.63) is 92.3 Å². The first-order chi connectivity index (χ1) is 16.4. The van der Waals surface area contributed by atoms with Gasteiger partial charge in [-0.3, -0.25) is 4.79 Å². The Hall–Kier alpha value is -3.58. The molecule has 1 N–H and O–H groups in total. The fourth-order valence-electron chi connectivity index (χ4n) is 3.04. The molecule has 3 aromatic rings. The van der Waals surface area contributed by atoms with Crippen LogP contribution in [0.15, 0.2) is 66.2 Å². The monoisotopic (exact) mass is 572 g/mol. The van der Waals surface area contributed by atoms with Crippen LogP contribution in [0.4, 0.5) is 4.39 Å². The SMILES string of the molecule is COc1ccc(CNC(=O)/C(C#N)=C\c2cc(I)c(OCc3ccc(F)cc3)c(OC)c2)cc1. The van der Waals surface area contributed by atoms with Gasteiger partial charge in [0.15, 0.2) is 11.5 Å². The van der Waals surface area contributed by atoms with Crippen LogP contribution in [-0.4, -0.2) is 20.1 Å². The molecule has 3 aromatic carbocycles. The van der Waals surface area contributed by atoms with Crippen molar-refractivity contribution in [3.8, 4) is 23.3 Å². The summed E-state index contributed by atoms with van der Waals surface area (Å²) in [7, 11) is 3.09. The number of hydrogen-bond acceptors (Lipinski definition) is 5. The Morgan fingerprint density at radius 2 is 1.74 bits per heavy atom.